The van der Waals surface area contributed by atoms with Crippen molar-refractivity contribution in [1.82, 2.24) is 4.90 Å². The Morgan fingerprint density at radius 2 is 1.80 bits per heavy atom. The molecule has 0 bridgehead atoms. The maximum Gasteiger partial charge on any atom is 0.350 e. The number of thiophene rings is 1. The van der Waals surface area contributed by atoms with Crippen LogP contribution in [0.3, 0.4) is 0 Å². The van der Waals surface area contributed by atoms with Gasteiger partial charge >= 0.3 is 5.97 Å². The Kier molecular flexibility index (Phi) is 9.00. The number of anilines is 1. The zero-order valence-electron chi connectivity index (χ0n) is 21.8. The topological polar surface area (TPSA) is 76.2 Å². The molecule has 3 rings (SSSR count). The van der Waals surface area contributed by atoms with Gasteiger partial charge in [-0.15, -0.1) is 11.3 Å². The molecular weight excluding hydrogens is 464 g/mol. The molecular formula is C27H38N2O5S. The summed E-state index contributed by atoms with van der Waals surface area (Å²) in [5.41, 5.74) is 0.196. The molecule has 1 atom stereocenters. The van der Waals surface area contributed by atoms with E-state index in [0.29, 0.717) is 47.7 Å². The van der Waals surface area contributed by atoms with E-state index in [1.807, 2.05) is 20.8 Å². The van der Waals surface area contributed by atoms with E-state index in [1.165, 1.54) is 18.4 Å². The lowest BCUT2D eigenvalue weighted by atomic mass is 9.82. The Labute approximate surface area is 213 Å². The minimum Gasteiger partial charge on any atom is -0.465 e. The van der Waals surface area contributed by atoms with Crippen molar-refractivity contribution in [2.75, 3.05) is 38.3 Å². The number of esters is 1. The SMILES string of the molecule is COC(=O)c1sc(C#CC(C)(C)C)cc1N(C(=O)C1CCC(C)CC1)[C@@H](C)C(=O)N1CCOCC1. The van der Waals surface area contributed by atoms with Crippen molar-refractivity contribution >= 4 is 34.8 Å². The minimum absolute atomic E-state index is 0.107. The standard InChI is InChI=1S/C27H38N2O5S/c1-18-7-9-20(10-8-18)25(31)29(19(2)24(30)28-13-15-34-16-14-28)22-17-21(11-12-27(3,4)5)35-23(22)26(32)33-6/h17-20H,7-10,13-16H2,1-6H3/t18?,19-,20?/m0/s1. The van der Waals surface area contributed by atoms with E-state index in [9.17, 15) is 14.4 Å². The van der Waals surface area contributed by atoms with Gasteiger partial charge in [0.25, 0.3) is 0 Å². The van der Waals surface area contributed by atoms with Gasteiger partial charge in [0.05, 0.1) is 30.9 Å². The lowest BCUT2D eigenvalue weighted by Crippen LogP contribution is -2.54. The molecule has 2 aliphatic rings. The molecule has 35 heavy (non-hydrogen) atoms. The second-order valence-corrected chi connectivity index (χ2v) is 11.6. The van der Waals surface area contributed by atoms with Crippen LogP contribution in [0.4, 0.5) is 5.69 Å². The van der Waals surface area contributed by atoms with Gasteiger partial charge in [-0.2, -0.15) is 0 Å². The minimum atomic E-state index is -0.763. The summed E-state index contributed by atoms with van der Waals surface area (Å²) in [4.78, 5) is 44.5. The number of hydrogen-bond acceptors (Lipinski definition) is 6. The second kappa shape index (κ2) is 11.6. The van der Waals surface area contributed by atoms with Crippen LogP contribution in [-0.2, 0) is 19.1 Å². The molecule has 1 saturated heterocycles. The molecule has 2 amide bonds. The average molecular weight is 503 g/mol. The molecule has 0 aromatic carbocycles. The number of amides is 2. The molecule has 1 saturated carbocycles. The number of carbonyl (C=O) groups is 3. The molecule has 8 heteroatoms. The van der Waals surface area contributed by atoms with Crippen molar-refractivity contribution in [2.24, 2.45) is 17.3 Å². The van der Waals surface area contributed by atoms with Gasteiger partial charge in [0.15, 0.2) is 0 Å². The lowest BCUT2D eigenvalue weighted by Gasteiger charge is -2.37. The molecule has 2 heterocycles. The van der Waals surface area contributed by atoms with E-state index >= 15 is 0 Å². The van der Waals surface area contributed by atoms with Crippen molar-refractivity contribution in [3.05, 3.63) is 15.8 Å². The zero-order valence-corrected chi connectivity index (χ0v) is 22.6. The van der Waals surface area contributed by atoms with Crippen molar-refractivity contribution < 1.29 is 23.9 Å². The third kappa shape index (κ3) is 6.86. The quantitative estimate of drug-likeness (QED) is 0.442. The zero-order chi connectivity index (χ0) is 25.8. The summed E-state index contributed by atoms with van der Waals surface area (Å²) in [6, 6.07) is 1.00. The maximum absolute atomic E-state index is 14.0. The summed E-state index contributed by atoms with van der Waals surface area (Å²) in [7, 11) is 1.32. The summed E-state index contributed by atoms with van der Waals surface area (Å²) >= 11 is 1.20. The van der Waals surface area contributed by atoms with E-state index in [1.54, 1.807) is 22.8 Å². The third-order valence-corrected chi connectivity index (χ3v) is 7.59. The molecule has 0 unspecified atom stereocenters. The summed E-state index contributed by atoms with van der Waals surface area (Å²) < 4.78 is 10.5. The molecule has 2 fully saturated rings. The third-order valence-electron chi connectivity index (χ3n) is 6.57. The Morgan fingerprint density at radius 3 is 2.37 bits per heavy atom. The monoisotopic (exact) mass is 502 g/mol. The van der Waals surface area contributed by atoms with Gasteiger partial charge in [-0.25, -0.2) is 4.79 Å². The predicted molar refractivity (Wildman–Crippen MR) is 137 cm³/mol. The van der Waals surface area contributed by atoms with E-state index in [-0.39, 0.29) is 23.1 Å². The first-order valence-corrected chi connectivity index (χ1v) is 13.3. The molecule has 0 spiro atoms. The van der Waals surface area contributed by atoms with Crippen LogP contribution in [0, 0.1) is 29.1 Å². The number of carbonyl (C=O) groups excluding carboxylic acids is 3. The van der Waals surface area contributed by atoms with Crippen LogP contribution < -0.4 is 4.90 Å². The Morgan fingerprint density at radius 1 is 1.17 bits per heavy atom. The normalized spacial score (nSPS) is 21.5. The highest BCUT2D eigenvalue weighted by Gasteiger charge is 2.38. The van der Waals surface area contributed by atoms with Crippen molar-refractivity contribution in [3.63, 3.8) is 0 Å². The van der Waals surface area contributed by atoms with Gasteiger partial charge < -0.3 is 14.4 Å². The smallest absolute Gasteiger partial charge is 0.350 e. The Bertz CT molecular complexity index is 985. The van der Waals surface area contributed by atoms with Gasteiger partial charge in [-0.1, -0.05) is 18.8 Å². The highest BCUT2D eigenvalue weighted by atomic mass is 32.1. The predicted octanol–water partition coefficient (Wildman–Crippen LogP) is 4.34. The number of nitrogens with zero attached hydrogens (tertiary/aromatic N) is 2. The van der Waals surface area contributed by atoms with Crippen LogP contribution in [0.1, 0.15) is 74.9 Å². The fourth-order valence-corrected chi connectivity index (χ4v) is 5.41. The molecule has 7 nitrogen and oxygen atoms in total. The van der Waals surface area contributed by atoms with Gasteiger partial charge in [0, 0.05) is 24.4 Å². The Balaban J connectivity index is 2.05. The molecule has 0 radical (unpaired) electrons. The van der Waals surface area contributed by atoms with E-state index in [4.69, 9.17) is 9.47 Å². The summed E-state index contributed by atoms with van der Waals surface area (Å²) in [5, 5.41) is 0. The summed E-state index contributed by atoms with van der Waals surface area (Å²) in [5.74, 6) is 5.96. The number of methoxy groups -OCH3 is 1. The van der Waals surface area contributed by atoms with E-state index in [2.05, 4.69) is 18.8 Å². The van der Waals surface area contributed by atoms with Crippen molar-refractivity contribution in [2.45, 2.75) is 66.3 Å². The molecule has 0 N–H and O–H groups in total. The van der Waals surface area contributed by atoms with Gasteiger partial charge in [0.2, 0.25) is 11.8 Å². The fourth-order valence-electron chi connectivity index (χ4n) is 4.49. The number of morpholine rings is 1. The van der Waals surface area contributed by atoms with Gasteiger partial charge in [-0.05, 0) is 65.4 Å². The summed E-state index contributed by atoms with van der Waals surface area (Å²) in [6.45, 7) is 11.9. The van der Waals surface area contributed by atoms with Crippen molar-refractivity contribution in [3.8, 4) is 11.8 Å². The van der Waals surface area contributed by atoms with Crippen LogP contribution in [0.15, 0.2) is 6.07 Å². The fraction of sp³-hybridized carbons (Fsp3) is 0.667. The summed E-state index contributed by atoms with van der Waals surface area (Å²) in [6.07, 6.45) is 3.52. The molecule has 1 aliphatic heterocycles. The number of ether oxygens (including phenoxy) is 2. The average Bonchev–Trinajstić information content (AvgIpc) is 3.26. The number of hydrogen-bond donors (Lipinski definition) is 0. The largest absolute Gasteiger partial charge is 0.465 e. The highest BCUT2D eigenvalue weighted by molar-refractivity contribution is 7.15. The van der Waals surface area contributed by atoms with Gasteiger partial charge in [0.1, 0.15) is 10.9 Å². The lowest BCUT2D eigenvalue weighted by molar-refractivity contribution is -0.138. The van der Waals surface area contributed by atoms with Crippen LogP contribution in [-0.4, -0.2) is 62.1 Å². The highest BCUT2D eigenvalue weighted by Crippen LogP contribution is 2.37. The molecule has 1 aromatic heterocycles. The maximum atomic E-state index is 14.0. The van der Waals surface area contributed by atoms with Crippen LogP contribution >= 0.6 is 11.3 Å². The molecule has 1 aromatic rings. The van der Waals surface area contributed by atoms with Crippen LogP contribution in [0.5, 0.6) is 0 Å². The van der Waals surface area contributed by atoms with Crippen LogP contribution in [0.25, 0.3) is 0 Å². The first kappa shape index (κ1) is 27.2. The van der Waals surface area contributed by atoms with Gasteiger partial charge in [-0.3, -0.25) is 14.5 Å². The van der Waals surface area contributed by atoms with E-state index < -0.39 is 12.0 Å². The second-order valence-electron chi connectivity index (χ2n) is 10.6. The molecule has 1 aliphatic carbocycles. The molecule has 192 valence electrons. The van der Waals surface area contributed by atoms with E-state index in [0.717, 1.165) is 25.7 Å². The first-order valence-electron chi connectivity index (χ1n) is 12.5. The Hall–Kier alpha value is -2.37. The first-order chi connectivity index (χ1) is 16.5. The van der Waals surface area contributed by atoms with Crippen molar-refractivity contribution in [1.29, 1.82) is 0 Å². The van der Waals surface area contributed by atoms with Crippen LogP contribution in [0.2, 0.25) is 0 Å². The number of rotatable bonds is 5.